The van der Waals surface area contributed by atoms with Gasteiger partial charge in [0.25, 0.3) is 5.91 Å². The Morgan fingerprint density at radius 1 is 1.44 bits per heavy atom. The topological polar surface area (TPSA) is 72.2 Å². The van der Waals surface area contributed by atoms with Crippen LogP contribution in [-0.4, -0.2) is 28.7 Å². The summed E-state index contributed by atoms with van der Waals surface area (Å²) in [5, 5.41) is 3.11. The Balaban J connectivity index is 2.64. The standard InChI is InChI=1S/C11H14Cl2N2O2S/c1-18(17)4-2-3-15-11(16)8-5-7(14)6-9(12)10(8)13/h5-6H,2-4,14H2,1H3,(H,15,16). The van der Waals surface area contributed by atoms with Gasteiger partial charge in [0.05, 0.1) is 15.6 Å². The monoisotopic (exact) mass is 308 g/mol. The Bertz CT molecular complexity index is 480. The lowest BCUT2D eigenvalue weighted by atomic mass is 10.2. The summed E-state index contributed by atoms with van der Waals surface area (Å²) in [5.41, 5.74) is 6.23. The SMILES string of the molecule is CS(=O)CCCNC(=O)c1cc(N)cc(Cl)c1Cl. The summed E-state index contributed by atoms with van der Waals surface area (Å²) in [7, 11) is -0.855. The number of carbonyl (C=O) groups excluding carboxylic acids is 1. The molecule has 3 N–H and O–H groups in total. The van der Waals surface area contributed by atoms with Gasteiger partial charge < -0.3 is 11.1 Å². The first-order valence-corrected chi connectivity index (χ1v) is 7.73. The largest absolute Gasteiger partial charge is 0.399 e. The molecule has 0 aromatic heterocycles. The Labute approximate surface area is 118 Å². The predicted octanol–water partition coefficient (Wildman–Crippen LogP) is 2.07. The molecule has 1 unspecified atom stereocenters. The first-order valence-electron chi connectivity index (χ1n) is 5.24. The second kappa shape index (κ2) is 6.97. The maximum absolute atomic E-state index is 11.8. The Kier molecular flexibility index (Phi) is 5.91. The third-order valence-corrected chi connectivity index (χ3v) is 3.85. The summed E-state index contributed by atoms with van der Waals surface area (Å²) in [5.74, 6) is 0.210. The summed E-state index contributed by atoms with van der Waals surface area (Å²) in [6.07, 6.45) is 2.26. The molecule has 0 aliphatic carbocycles. The molecule has 1 aromatic carbocycles. The van der Waals surface area contributed by atoms with Crippen LogP contribution >= 0.6 is 23.2 Å². The van der Waals surface area contributed by atoms with E-state index in [0.29, 0.717) is 24.4 Å². The zero-order valence-corrected chi connectivity index (χ0v) is 12.2. The number of nitrogen functional groups attached to an aromatic ring is 1. The lowest BCUT2D eigenvalue weighted by Gasteiger charge is -2.08. The molecule has 18 heavy (non-hydrogen) atoms. The van der Waals surface area contributed by atoms with Crippen LogP contribution < -0.4 is 11.1 Å². The number of rotatable bonds is 5. The highest BCUT2D eigenvalue weighted by atomic mass is 35.5. The van der Waals surface area contributed by atoms with Gasteiger partial charge in [-0.1, -0.05) is 23.2 Å². The number of benzene rings is 1. The maximum atomic E-state index is 11.8. The maximum Gasteiger partial charge on any atom is 0.252 e. The number of carbonyl (C=O) groups is 1. The van der Waals surface area contributed by atoms with E-state index >= 15 is 0 Å². The molecule has 0 aliphatic rings. The zero-order valence-electron chi connectivity index (χ0n) is 9.83. The van der Waals surface area contributed by atoms with Crippen molar-refractivity contribution in [3.8, 4) is 0 Å². The van der Waals surface area contributed by atoms with Gasteiger partial charge in [-0.25, -0.2) is 0 Å². The molecule has 0 heterocycles. The highest BCUT2D eigenvalue weighted by molar-refractivity contribution is 7.84. The van der Waals surface area contributed by atoms with Crippen molar-refractivity contribution in [3.05, 3.63) is 27.7 Å². The van der Waals surface area contributed by atoms with Gasteiger partial charge in [0.2, 0.25) is 0 Å². The van der Waals surface area contributed by atoms with Crippen LogP contribution in [0.25, 0.3) is 0 Å². The van der Waals surface area contributed by atoms with Crippen molar-refractivity contribution in [3.63, 3.8) is 0 Å². The number of nitrogens with one attached hydrogen (secondary N) is 1. The van der Waals surface area contributed by atoms with Gasteiger partial charge in [0.15, 0.2) is 0 Å². The van der Waals surface area contributed by atoms with Gasteiger partial charge in [0.1, 0.15) is 0 Å². The van der Waals surface area contributed by atoms with Gasteiger partial charge in [-0.15, -0.1) is 0 Å². The molecule has 0 spiro atoms. The molecular formula is C11H14Cl2N2O2S. The van der Waals surface area contributed by atoms with E-state index in [0.717, 1.165) is 0 Å². The minimum atomic E-state index is -0.855. The van der Waals surface area contributed by atoms with Crippen LogP contribution in [0.15, 0.2) is 12.1 Å². The smallest absolute Gasteiger partial charge is 0.252 e. The van der Waals surface area contributed by atoms with E-state index < -0.39 is 10.8 Å². The molecule has 0 aliphatic heterocycles. The molecule has 1 rings (SSSR count). The zero-order chi connectivity index (χ0) is 13.7. The van der Waals surface area contributed by atoms with Gasteiger partial charge in [-0.3, -0.25) is 9.00 Å². The van der Waals surface area contributed by atoms with Crippen LogP contribution in [0.1, 0.15) is 16.8 Å². The average molecular weight is 309 g/mol. The molecule has 0 radical (unpaired) electrons. The van der Waals surface area contributed by atoms with Crippen molar-refractivity contribution in [2.75, 3.05) is 24.3 Å². The Hall–Kier alpha value is -0.780. The van der Waals surface area contributed by atoms with Crippen molar-refractivity contribution in [1.82, 2.24) is 5.32 Å². The van der Waals surface area contributed by atoms with Gasteiger partial charge in [-0.2, -0.15) is 0 Å². The highest BCUT2D eigenvalue weighted by Gasteiger charge is 2.13. The van der Waals surface area contributed by atoms with Crippen LogP contribution in [0, 0.1) is 0 Å². The van der Waals surface area contributed by atoms with Crippen molar-refractivity contribution in [2.24, 2.45) is 0 Å². The van der Waals surface area contributed by atoms with Crippen LogP contribution in [0.2, 0.25) is 10.0 Å². The molecule has 0 saturated carbocycles. The van der Waals surface area contributed by atoms with E-state index in [4.69, 9.17) is 28.9 Å². The fraction of sp³-hybridized carbons (Fsp3) is 0.364. The van der Waals surface area contributed by atoms with Crippen molar-refractivity contribution >= 4 is 45.6 Å². The summed E-state index contributed by atoms with van der Waals surface area (Å²) >= 11 is 11.8. The molecular weight excluding hydrogens is 295 g/mol. The minimum absolute atomic E-state index is 0.183. The predicted molar refractivity (Wildman–Crippen MR) is 76.8 cm³/mol. The summed E-state index contributed by atoms with van der Waals surface area (Å²) in [4.78, 5) is 11.8. The van der Waals surface area contributed by atoms with Gasteiger partial charge in [0, 0.05) is 35.0 Å². The fourth-order valence-corrected chi connectivity index (χ4v) is 2.32. The Morgan fingerprint density at radius 2 is 2.11 bits per heavy atom. The molecule has 7 heteroatoms. The number of amides is 1. The summed E-state index contributed by atoms with van der Waals surface area (Å²) in [6, 6.07) is 2.96. The second-order valence-corrected chi connectivity index (χ2v) is 6.09. The summed E-state index contributed by atoms with van der Waals surface area (Å²) < 4.78 is 10.8. The van der Waals surface area contributed by atoms with Crippen LogP contribution in [0.3, 0.4) is 0 Å². The van der Waals surface area contributed by atoms with E-state index in [9.17, 15) is 9.00 Å². The van der Waals surface area contributed by atoms with E-state index in [1.807, 2.05) is 0 Å². The molecule has 0 bridgehead atoms. The summed E-state index contributed by atoms with van der Waals surface area (Å²) in [6.45, 7) is 0.432. The normalized spacial score (nSPS) is 12.2. The molecule has 100 valence electrons. The molecule has 4 nitrogen and oxygen atoms in total. The van der Waals surface area contributed by atoms with Gasteiger partial charge >= 0.3 is 0 Å². The van der Waals surface area contributed by atoms with Crippen LogP contribution in [-0.2, 0) is 10.8 Å². The number of anilines is 1. The lowest BCUT2D eigenvalue weighted by Crippen LogP contribution is -2.25. The molecule has 1 amide bonds. The van der Waals surface area contributed by atoms with E-state index in [1.54, 1.807) is 6.26 Å². The number of hydrogen-bond donors (Lipinski definition) is 2. The quantitative estimate of drug-likeness (QED) is 0.646. The van der Waals surface area contributed by atoms with Crippen molar-refractivity contribution in [1.29, 1.82) is 0 Å². The fourth-order valence-electron chi connectivity index (χ4n) is 1.35. The van der Waals surface area contributed by atoms with Crippen LogP contribution in [0.5, 0.6) is 0 Å². The highest BCUT2D eigenvalue weighted by Crippen LogP contribution is 2.28. The molecule has 0 fully saturated rings. The van der Waals surface area contributed by atoms with E-state index in [1.165, 1.54) is 12.1 Å². The number of halogens is 2. The third kappa shape index (κ3) is 4.48. The number of nitrogens with two attached hydrogens (primary N) is 1. The van der Waals surface area contributed by atoms with Crippen molar-refractivity contribution < 1.29 is 9.00 Å². The second-order valence-electron chi connectivity index (χ2n) is 3.75. The Morgan fingerprint density at radius 3 is 2.72 bits per heavy atom. The van der Waals surface area contributed by atoms with Crippen molar-refractivity contribution in [2.45, 2.75) is 6.42 Å². The average Bonchev–Trinajstić information content (AvgIpc) is 2.28. The van der Waals surface area contributed by atoms with E-state index in [2.05, 4.69) is 5.32 Å². The first-order chi connectivity index (χ1) is 8.41. The van der Waals surface area contributed by atoms with Crippen LogP contribution in [0.4, 0.5) is 5.69 Å². The molecule has 1 atom stereocenters. The first kappa shape index (κ1) is 15.3. The third-order valence-electron chi connectivity index (χ3n) is 2.19. The molecule has 1 aromatic rings. The minimum Gasteiger partial charge on any atom is -0.399 e. The van der Waals surface area contributed by atoms with E-state index in [-0.39, 0.29) is 21.5 Å². The van der Waals surface area contributed by atoms with Gasteiger partial charge in [-0.05, 0) is 18.6 Å². The molecule has 0 saturated heterocycles. The number of hydrogen-bond acceptors (Lipinski definition) is 3. The lowest BCUT2D eigenvalue weighted by molar-refractivity contribution is 0.0954.